The minimum Gasteiger partial charge on any atom is -0.383 e. The molecule has 2 rings (SSSR count). The quantitative estimate of drug-likeness (QED) is 0.812. The average Bonchev–Trinajstić information content (AvgIpc) is 2.76. The monoisotopic (exact) mass is 224 g/mol. The second-order valence-electron chi connectivity index (χ2n) is 4.65. The average molecular weight is 224 g/mol. The summed E-state index contributed by atoms with van der Waals surface area (Å²) >= 11 is 0. The molecule has 1 saturated heterocycles. The van der Waals surface area contributed by atoms with Crippen LogP contribution in [0.3, 0.4) is 0 Å². The Morgan fingerprint density at radius 1 is 1.50 bits per heavy atom. The van der Waals surface area contributed by atoms with Crippen molar-refractivity contribution >= 4 is 0 Å². The van der Waals surface area contributed by atoms with Gasteiger partial charge in [-0.3, -0.25) is 0 Å². The molecule has 1 N–H and O–H groups in total. The zero-order chi connectivity index (χ0) is 11.4. The topological polar surface area (TPSA) is 52.0 Å². The van der Waals surface area contributed by atoms with Gasteiger partial charge in [-0.15, -0.1) is 10.2 Å². The molecule has 5 heteroatoms. The molecule has 0 saturated carbocycles. The summed E-state index contributed by atoms with van der Waals surface area (Å²) in [5, 5.41) is 11.7. The molecule has 1 aliphatic heterocycles. The van der Waals surface area contributed by atoms with Crippen LogP contribution in [0.25, 0.3) is 0 Å². The number of aromatic nitrogens is 3. The van der Waals surface area contributed by atoms with Crippen molar-refractivity contribution in [2.24, 2.45) is 0 Å². The summed E-state index contributed by atoms with van der Waals surface area (Å²) < 4.78 is 7.22. The Labute approximate surface area is 96.2 Å². The van der Waals surface area contributed by atoms with Crippen LogP contribution >= 0.6 is 0 Å². The zero-order valence-electron chi connectivity index (χ0n) is 10.1. The molecule has 16 heavy (non-hydrogen) atoms. The molecule has 0 amide bonds. The third-order valence-electron chi connectivity index (χ3n) is 3.40. The van der Waals surface area contributed by atoms with Crippen molar-refractivity contribution in [3.05, 3.63) is 12.2 Å². The van der Waals surface area contributed by atoms with Crippen molar-refractivity contribution in [3.8, 4) is 0 Å². The van der Waals surface area contributed by atoms with Gasteiger partial charge in [0, 0.05) is 19.1 Å². The van der Waals surface area contributed by atoms with E-state index in [4.69, 9.17) is 4.74 Å². The Kier molecular flexibility index (Phi) is 3.56. The SMILES string of the molecule is COCCn1cnnc1C1(C)CCNCC1. The molecule has 0 bridgehead atoms. The number of hydrogen-bond acceptors (Lipinski definition) is 4. The fourth-order valence-electron chi connectivity index (χ4n) is 2.28. The zero-order valence-corrected chi connectivity index (χ0v) is 10.1. The summed E-state index contributed by atoms with van der Waals surface area (Å²) in [7, 11) is 1.72. The van der Waals surface area contributed by atoms with Crippen LogP contribution in [-0.4, -0.2) is 41.6 Å². The van der Waals surface area contributed by atoms with E-state index in [-0.39, 0.29) is 5.41 Å². The van der Waals surface area contributed by atoms with E-state index in [0.29, 0.717) is 6.61 Å². The number of methoxy groups -OCH3 is 1. The first-order valence-electron chi connectivity index (χ1n) is 5.84. The fourth-order valence-corrected chi connectivity index (χ4v) is 2.28. The summed E-state index contributed by atoms with van der Waals surface area (Å²) in [6.45, 7) is 5.95. The molecule has 0 radical (unpaired) electrons. The van der Waals surface area contributed by atoms with Crippen molar-refractivity contribution in [3.63, 3.8) is 0 Å². The molecular weight excluding hydrogens is 204 g/mol. The lowest BCUT2D eigenvalue weighted by molar-refractivity contribution is 0.183. The standard InChI is InChI=1S/C11H20N4O/c1-11(3-5-12-6-4-11)10-14-13-9-15(10)7-8-16-2/h9,12H,3-8H2,1-2H3. The third kappa shape index (κ3) is 2.25. The molecule has 1 aliphatic rings. The van der Waals surface area contributed by atoms with Crippen molar-refractivity contribution in [2.75, 3.05) is 26.8 Å². The van der Waals surface area contributed by atoms with Gasteiger partial charge in [0.15, 0.2) is 0 Å². The maximum Gasteiger partial charge on any atom is 0.138 e. The summed E-state index contributed by atoms with van der Waals surface area (Å²) in [6, 6.07) is 0. The van der Waals surface area contributed by atoms with Crippen LogP contribution in [0.1, 0.15) is 25.6 Å². The Morgan fingerprint density at radius 2 is 2.25 bits per heavy atom. The number of nitrogens with one attached hydrogen (secondary N) is 1. The van der Waals surface area contributed by atoms with Gasteiger partial charge in [0.2, 0.25) is 0 Å². The minimum absolute atomic E-state index is 0.162. The van der Waals surface area contributed by atoms with Gasteiger partial charge in [0.1, 0.15) is 12.2 Å². The molecule has 0 aliphatic carbocycles. The van der Waals surface area contributed by atoms with Crippen LogP contribution in [0.5, 0.6) is 0 Å². The molecule has 5 nitrogen and oxygen atoms in total. The van der Waals surface area contributed by atoms with Gasteiger partial charge in [-0.25, -0.2) is 0 Å². The van der Waals surface area contributed by atoms with Gasteiger partial charge in [0.25, 0.3) is 0 Å². The molecule has 2 heterocycles. The van der Waals surface area contributed by atoms with E-state index in [0.717, 1.165) is 38.3 Å². The number of piperidine rings is 1. The molecule has 1 aromatic rings. The Morgan fingerprint density at radius 3 is 2.94 bits per heavy atom. The highest BCUT2D eigenvalue weighted by Gasteiger charge is 2.33. The Bertz CT molecular complexity index is 330. The summed E-state index contributed by atoms with van der Waals surface area (Å²) in [4.78, 5) is 0. The second kappa shape index (κ2) is 4.93. The Balaban J connectivity index is 2.15. The third-order valence-corrected chi connectivity index (χ3v) is 3.40. The first kappa shape index (κ1) is 11.5. The Hall–Kier alpha value is -0.940. The molecule has 0 spiro atoms. The number of rotatable bonds is 4. The van der Waals surface area contributed by atoms with Crippen LogP contribution in [-0.2, 0) is 16.7 Å². The van der Waals surface area contributed by atoms with Crippen LogP contribution in [0.15, 0.2) is 6.33 Å². The summed E-state index contributed by atoms with van der Waals surface area (Å²) in [6.07, 6.45) is 4.05. The molecular formula is C11H20N4O. The first-order chi connectivity index (χ1) is 7.76. The fraction of sp³-hybridized carbons (Fsp3) is 0.818. The van der Waals surface area contributed by atoms with Crippen molar-refractivity contribution in [1.29, 1.82) is 0 Å². The van der Waals surface area contributed by atoms with E-state index >= 15 is 0 Å². The van der Waals surface area contributed by atoms with E-state index < -0.39 is 0 Å². The van der Waals surface area contributed by atoms with Crippen LogP contribution in [0.4, 0.5) is 0 Å². The van der Waals surface area contributed by atoms with Crippen molar-refractivity contribution in [2.45, 2.75) is 31.7 Å². The highest BCUT2D eigenvalue weighted by molar-refractivity contribution is 5.08. The van der Waals surface area contributed by atoms with Crippen molar-refractivity contribution in [1.82, 2.24) is 20.1 Å². The molecule has 1 fully saturated rings. The lowest BCUT2D eigenvalue weighted by Crippen LogP contribution is -2.39. The van der Waals surface area contributed by atoms with Gasteiger partial charge in [-0.05, 0) is 25.9 Å². The second-order valence-corrected chi connectivity index (χ2v) is 4.65. The van der Waals surface area contributed by atoms with Gasteiger partial charge >= 0.3 is 0 Å². The van der Waals surface area contributed by atoms with Gasteiger partial charge in [-0.2, -0.15) is 0 Å². The van der Waals surface area contributed by atoms with Crippen LogP contribution in [0.2, 0.25) is 0 Å². The van der Waals surface area contributed by atoms with E-state index in [1.807, 2.05) is 6.33 Å². The summed E-state index contributed by atoms with van der Waals surface area (Å²) in [5.74, 6) is 1.10. The predicted molar refractivity (Wildman–Crippen MR) is 61.4 cm³/mol. The first-order valence-corrected chi connectivity index (χ1v) is 5.84. The lowest BCUT2D eigenvalue weighted by Gasteiger charge is -2.33. The number of ether oxygens (including phenoxy) is 1. The van der Waals surface area contributed by atoms with E-state index in [9.17, 15) is 0 Å². The predicted octanol–water partition coefficient (Wildman–Crippen LogP) is 0.566. The van der Waals surface area contributed by atoms with E-state index in [2.05, 4.69) is 27.0 Å². The van der Waals surface area contributed by atoms with Gasteiger partial charge in [0.05, 0.1) is 6.61 Å². The summed E-state index contributed by atoms with van der Waals surface area (Å²) in [5.41, 5.74) is 0.162. The normalized spacial score (nSPS) is 19.9. The highest BCUT2D eigenvalue weighted by Crippen LogP contribution is 2.31. The molecule has 0 aromatic carbocycles. The molecule has 90 valence electrons. The number of hydrogen-bond donors (Lipinski definition) is 1. The number of nitrogens with zero attached hydrogens (tertiary/aromatic N) is 3. The van der Waals surface area contributed by atoms with Crippen LogP contribution < -0.4 is 5.32 Å². The van der Waals surface area contributed by atoms with E-state index in [1.54, 1.807) is 7.11 Å². The smallest absolute Gasteiger partial charge is 0.138 e. The molecule has 0 unspecified atom stereocenters. The largest absolute Gasteiger partial charge is 0.383 e. The van der Waals surface area contributed by atoms with Crippen molar-refractivity contribution < 1.29 is 4.74 Å². The molecule has 1 aromatic heterocycles. The van der Waals surface area contributed by atoms with Gasteiger partial charge < -0.3 is 14.6 Å². The maximum atomic E-state index is 5.10. The lowest BCUT2D eigenvalue weighted by atomic mass is 9.80. The maximum absolute atomic E-state index is 5.10. The van der Waals surface area contributed by atoms with E-state index in [1.165, 1.54) is 0 Å². The van der Waals surface area contributed by atoms with Crippen LogP contribution in [0, 0.1) is 0 Å². The highest BCUT2D eigenvalue weighted by atomic mass is 16.5. The minimum atomic E-state index is 0.162. The van der Waals surface area contributed by atoms with Gasteiger partial charge in [-0.1, -0.05) is 6.92 Å². The molecule has 0 atom stereocenters.